The Hall–Kier alpha value is -1.72. The smallest absolute Gasteiger partial charge is 0.251 e. The van der Waals surface area contributed by atoms with Gasteiger partial charge in [-0.3, -0.25) is 14.5 Å². The highest BCUT2D eigenvalue weighted by atomic mass is 16.3. The van der Waals surface area contributed by atoms with E-state index in [4.69, 9.17) is 0 Å². The van der Waals surface area contributed by atoms with E-state index in [9.17, 15) is 14.7 Å². The summed E-state index contributed by atoms with van der Waals surface area (Å²) in [6.45, 7) is 4.90. The molecule has 0 aromatic heterocycles. The molecule has 3 rings (SSSR count). The van der Waals surface area contributed by atoms with E-state index in [0.717, 1.165) is 36.9 Å². The summed E-state index contributed by atoms with van der Waals surface area (Å²) in [5.74, 6) is -0.238. The number of piperidine rings is 1. The molecule has 2 aliphatic heterocycles. The number of anilines is 1. The quantitative estimate of drug-likeness (QED) is 0.860. The third-order valence-electron chi connectivity index (χ3n) is 5.12. The minimum atomic E-state index is -0.379. The van der Waals surface area contributed by atoms with Crippen molar-refractivity contribution >= 4 is 17.5 Å². The van der Waals surface area contributed by atoms with Crippen molar-refractivity contribution in [1.29, 1.82) is 0 Å². The third kappa shape index (κ3) is 3.23. The van der Waals surface area contributed by atoms with E-state index < -0.39 is 0 Å². The number of aryl methyl sites for hydroxylation is 2. The first-order valence-electron chi connectivity index (χ1n) is 8.83. The van der Waals surface area contributed by atoms with Crippen molar-refractivity contribution in [1.82, 2.24) is 4.90 Å². The number of likely N-dealkylation sites (tertiary alicyclic amines) is 1. The number of benzene rings is 1. The van der Waals surface area contributed by atoms with Crippen molar-refractivity contribution in [3.63, 3.8) is 0 Å². The van der Waals surface area contributed by atoms with Crippen LogP contribution in [0.2, 0.25) is 0 Å². The summed E-state index contributed by atoms with van der Waals surface area (Å²) in [4.78, 5) is 29.1. The van der Waals surface area contributed by atoms with Gasteiger partial charge in [0.15, 0.2) is 0 Å². The molecule has 0 spiro atoms. The molecule has 0 radical (unpaired) electrons. The first kappa shape index (κ1) is 17.1. The number of carbonyl (C=O) groups excluding carboxylic acids is 2. The fourth-order valence-corrected chi connectivity index (χ4v) is 4.12. The summed E-state index contributed by atoms with van der Waals surface area (Å²) in [6.07, 6.45) is 4.07. The topological polar surface area (TPSA) is 60.9 Å². The molecule has 0 saturated carbocycles. The average molecular weight is 330 g/mol. The molecule has 2 saturated heterocycles. The number of carbonyl (C=O) groups is 2. The lowest BCUT2D eigenvalue weighted by Crippen LogP contribution is -2.50. The molecule has 1 aromatic rings. The highest BCUT2D eigenvalue weighted by Gasteiger charge is 2.44. The van der Waals surface area contributed by atoms with Crippen LogP contribution in [0.1, 0.15) is 43.2 Å². The second kappa shape index (κ2) is 7.03. The number of hydrogen-bond acceptors (Lipinski definition) is 4. The Bertz CT molecular complexity index is 621. The molecule has 0 unspecified atom stereocenters. The Labute approximate surface area is 143 Å². The van der Waals surface area contributed by atoms with Crippen LogP contribution in [-0.2, 0) is 9.59 Å². The van der Waals surface area contributed by atoms with Crippen LogP contribution in [-0.4, -0.2) is 47.1 Å². The number of aliphatic hydroxyl groups is 1. The van der Waals surface area contributed by atoms with Crippen LogP contribution in [0, 0.1) is 13.8 Å². The summed E-state index contributed by atoms with van der Waals surface area (Å²) < 4.78 is 0. The summed E-state index contributed by atoms with van der Waals surface area (Å²) >= 11 is 0. The maximum atomic E-state index is 13.0. The molecule has 2 amide bonds. The predicted molar refractivity (Wildman–Crippen MR) is 92.9 cm³/mol. The number of hydrogen-bond donors (Lipinski definition) is 1. The summed E-state index contributed by atoms with van der Waals surface area (Å²) in [7, 11) is 0. The maximum absolute atomic E-state index is 13.0. The van der Waals surface area contributed by atoms with Gasteiger partial charge in [-0.15, -0.1) is 0 Å². The summed E-state index contributed by atoms with van der Waals surface area (Å²) in [5.41, 5.74) is 2.77. The Balaban J connectivity index is 1.85. The van der Waals surface area contributed by atoms with Crippen LogP contribution in [0.15, 0.2) is 18.2 Å². The van der Waals surface area contributed by atoms with Crippen LogP contribution >= 0.6 is 0 Å². The van der Waals surface area contributed by atoms with Crippen molar-refractivity contribution < 1.29 is 14.7 Å². The molecule has 0 aliphatic carbocycles. The molecule has 130 valence electrons. The van der Waals surface area contributed by atoms with Gasteiger partial charge in [0.2, 0.25) is 5.91 Å². The lowest BCUT2D eigenvalue weighted by molar-refractivity contribution is -0.123. The highest BCUT2D eigenvalue weighted by Crippen LogP contribution is 2.31. The molecule has 2 atom stereocenters. The molecule has 1 aromatic carbocycles. The lowest BCUT2D eigenvalue weighted by atomic mass is 9.97. The Morgan fingerprint density at radius 1 is 1.12 bits per heavy atom. The number of imide groups is 1. The molecule has 1 N–H and O–H groups in total. The van der Waals surface area contributed by atoms with Gasteiger partial charge in [0, 0.05) is 12.6 Å². The van der Waals surface area contributed by atoms with Crippen molar-refractivity contribution in [2.24, 2.45) is 0 Å². The maximum Gasteiger partial charge on any atom is 0.251 e. The van der Waals surface area contributed by atoms with Gasteiger partial charge in [-0.2, -0.15) is 0 Å². The van der Waals surface area contributed by atoms with Gasteiger partial charge in [-0.1, -0.05) is 12.5 Å². The minimum absolute atomic E-state index is 0.116. The van der Waals surface area contributed by atoms with Gasteiger partial charge in [0.25, 0.3) is 5.91 Å². The Morgan fingerprint density at radius 3 is 2.50 bits per heavy atom. The second-order valence-electron chi connectivity index (χ2n) is 7.03. The van der Waals surface area contributed by atoms with Gasteiger partial charge in [-0.25, -0.2) is 4.90 Å². The fourth-order valence-electron chi connectivity index (χ4n) is 4.12. The number of nitrogens with zero attached hydrogens (tertiary/aromatic N) is 2. The van der Waals surface area contributed by atoms with E-state index in [0.29, 0.717) is 12.1 Å². The van der Waals surface area contributed by atoms with Crippen LogP contribution in [0.25, 0.3) is 0 Å². The SMILES string of the molecule is Cc1cc(C)cc(N2C(=O)C[C@H](N3CCCC[C@@H]3CCO)C2=O)c1. The van der Waals surface area contributed by atoms with E-state index in [1.165, 1.54) is 4.90 Å². The molecular weight excluding hydrogens is 304 g/mol. The first-order chi connectivity index (χ1) is 11.5. The normalized spacial score (nSPS) is 25.5. The molecule has 2 heterocycles. The number of amides is 2. The monoisotopic (exact) mass is 330 g/mol. The van der Waals surface area contributed by atoms with Gasteiger partial charge in [0.1, 0.15) is 0 Å². The molecule has 2 fully saturated rings. The molecule has 5 nitrogen and oxygen atoms in total. The van der Waals surface area contributed by atoms with Crippen molar-refractivity contribution in [2.45, 2.75) is 58.0 Å². The van der Waals surface area contributed by atoms with E-state index >= 15 is 0 Å². The van der Waals surface area contributed by atoms with Crippen LogP contribution in [0.4, 0.5) is 5.69 Å². The van der Waals surface area contributed by atoms with E-state index in [1.54, 1.807) is 0 Å². The molecule has 0 bridgehead atoms. The molecule has 2 aliphatic rings. The predicted octanol–water partition coefficient (Wildman–Crippen LogP) is 2.17. The van der Waals surface area contributed by atoms with Gasteiger partial charge >= 0.3 is 0 Å². The van der Waals surface area contributed by atoms with Crippen LogP contribution < -0.4 is 4.90 Å². The zero-order valence-corrected chi connectivity index (χ0v) is 14.5. The Morgan fingerprint density at radius 2 is 1.83 bits per heavy atom. The largest absolute Gasteiger partial charge is 0.396 e. The lowest BCUT2D eigenvalue weighted by Gasteiger charge is -2.38. The highest BCUT2D eigenvalue weighted by molar-refractivity contribution is 6.22. The fraction of sp³-hybridized carbons (Fsp3) is 0.579. The zero-order chi connectivity index (χ0) is 17.3. The minimum Gasteiger partial charge on any atom is -0.396 e. The molecule has 5 heteroatoms. The molecule has 24 heavy (non-hydrogen) atoms. The van der Waals surface area contributed by atoms with Crippen molar-refractivity contribution in [2.75, 3.05) is 18.1 Å². The molecular formula is C19H26N2O3. The second-order valence-corrected chi connectivity index (χ2v) is 7.03. The van der Waals surface area contributed by atoms with Crippen LogP contribution in [0.5, 0.6) is 0 Å². The third-order valence-corrected chi connectivity index (χ3v) is 5.12. The first-order valence-corrected chi connectivity index (χ1v) is 8.83. The summed E-state index contributed by atoms with van der Waals surface area (Å²) in [5, 5.41) is 9.30. The number of aliphatic hydroxyl groups excluding tert-OH is 1. The van der Waals surface area contributed by atoms with Gasteiger partial charge in [-0.05, 0) is 62.9 Å². The average Bonchev–Trinajstić information content (AvgIpc) is 2.82. The van der Waals surface area contributed by atoms with Crippen molar-refractivity contribution in [3.05, 3.63) is 29.3 Å². The van der Waals surface area contributed by atoms with E-state index in [-0.39, 0.29) is 36.9 Å². The van der Waals surface area contributed by atoms with Gasteiger partial charge in [0.05, 0.1) is 18.2 Å². The van der Waals surface area contributed by atoms with Crippen LogP contribution in [0.3, 0.4) is 0 Å². The zero-order valence-electron chi connectivity index (χ0n) is 14.5. The van der Waals surface area contributed by atoms with Gasteiger partial charge < -0.3 is 5.11 Å². The number of rotatable bonds is 4. The van der Waals surface area contributed by atoms with E-state index in [2.05, 4.69) is 4.90 Å². The standard InChI is InChI=1S/C19H26N2O3/c1-13-9-14(2)11-16(10-13)21-18(23)12-17(19(21)24)20-7-4-3-5-15(20)6-8-22/h9-11,15,17,22H,3-8,12H2,1-2H3/t15-,17+/m1/s1. The van der Waals surface area contributed by atoms with E-state index in [1.807, 2.05) is 32.0 Å². The van der Waals surface area contributed by atoms with Crippen molar-refractivity contribution in [3.8, 4) is 0 Å². The summed E-state index contributed by atoms with van der Waals surface area (Å²) in [6, 6.07) is 5.65. The Kier molecular flexibility index (Phi) is 5.01.